The maximum atomic E-state index is 12.2. The number of halogens is 3. The summed E-state index contributed by atoms with van der Waals surface area (Å²) in [5, 5.41) is 12.8. The molecule has 0 heterocycles. The zero-order valence-corrected chi connectivity index (χ0v) is 14.3. The fourth-order valence-corrected chi connectivity index (χ4v) is 3.48. The van der Waals surface area contributed by atoms with E-state index in [9.17, 15) is 9.90 Å². The van der Waals surface area contributed by atoms with Crippen LogP contribution in [0.5, 0.6) is 5.75 Å². The fraction of sp³-hybridized carbons (Fsp3) is 0.0714. The van der Waals surface area contributed by atoms with Gasteiger partial charge in [0.15, 0.2) is 0 Å². The normalized spacial score (nSPS) is 10.4. The summed E-state index contributed by atoms with van der Waals surface area (Å²) in [6, 6.07) is 8.10. The Labute approximate surface area is 138 Å². The Hall–Kier alpha value is -1.04. The Kier molecular flexibility index (Phi) is 4.73. The summed E-state index contributed by atoms with van der Waals surface area (Å²) in [5.41, 5.74) is 1.77. The molecule has 0 radical (unpaired) electrons. The molecule has 0 spiro atoms. The third kappa shape index (κ3) is 3.34. The highest BCUT2D eigenvalue weighted by molar-refractivity contribution is 9.11. The second kappa shape index (κ2) is 6.16. The van der Waals surface area contributed by atoms with Crippen molar-refractivity contribution < 1.29 is 9.90 Å². The van der Waals surface area contributed by atoms with E-state index in [1.165, 1.54) is 18.2 Å². The number of carbonyl (C=O) groups excluding carboxylic acids is 1. The minimum absolute atomic E-state index is 0.119. The number of anilines is 1. The first-order valence-corrected chi connectivity index (χ1v) is 7.60. The van der Waals surface area contributed by atoms with E-state index in [4.69, 9.17) is 11.6 Å². The molecule has 0 aliphatic heterocycles. The lowest BCUT2D eigenvalue weighted by Gasteiger charge is -2.11. The van der Waals surface area contributed by atoms with E-state index in [1.54, 1.807) is 0 Å². The molecule has 20 heavy (non-hydrogen) atoms. The van der Waals surface area contributed by atoms with Crippen LogP contribution in [0.4, 0.5) is 5.69 Å². The smallest absolute Gasteiger partial charge is 0.259 e. The molecule has 6 heteroatoms. The van der Waals surface area contributed by atoms with Gasteiger partial charge in [-0.3, -0.25) is 4.79 Å². The third-order valence-electron chi connectivity index (χ3n) is 2.63. The molecule has 1 amide bonds. The van der Waals surface area contributed by atoms with Gasteiger partial charge < -0.3 is 10.4 Å². The largest absolute Gasteiger partial charge is 0.507 e. The zero-order valence-electron chi connectivity index (χ0n) is 10.4. The summed E-state index contributed by atoms with van der Waals surface area (Å²) in [6.45, 7) is 1.95. The average Bonchev–Trinajstić information content (AvgIpc) is 2.36. The maximum Gasteiger partial charge on any atom is 0.259 e. The number of nitrogens with one attached hydrogen (secondary N) is 1. The Morgan fingerprint density at radius 2 is 1.80 bits per heavy atom. The van der Waals surface area contributed by atoms with Crippen LogP contribution in [0, 0.1) is 6.92 Å². The van der Waals surface area contributed by atoms with Gasteiger partial charge in [-0.05, 0) is 74.7 Å². The first kappa shape index (κ1) is 15.4. The zero-order chi connectivity index (χ0) is 14.9. The van der Waals surface area contributed by atoms with Gasteiger partial charge in [0, 0.05) is 14.0 Å². The first-order chi connectivity index (χ1) is 9.38. The molecule has 0 saturated carbocycles. The van der Waals surface area contributed by atoms with E-state index >= 15 is 0 Å². The van der Waals surface area contributed by atoms with Crippen molar-refractivity contribution in [2.45, 2.75) is 6.92 Å². The van der Waals surface area contributed by atoms with Crippen molar-refractivity contribution in [3.8, 4) is 5.75 Å². The number of aromatic hydroxyl groups is 1. The van der Waals surface area contributed by atoms with E-state index in [1.807, 2.05) is 19.1 Å². The second-order valence-corrected chi connectivity index (χ2v) is 6.36. The number of hydrogen-bond acceptors (Lipinski definition) is 2. The van der Waals surface area contributed by atoms with Crippen LogP contribution >= 0.6 is 43.5 Å². The highest BCUT2D eigenvalue weighted by atomic mass is 79.9. The number of rotatable bonds is 2. The molecule has 2 aromatic rings. The SMILES string of the molecule is Cc1cc(Br)c(NC(=O)c2cc(Cl)ccc2O)c(Br)c1. The highest BCUT2D eigenvalue weighted by Crippen LogP contribution is 2.33. The molecule has 0 fully saturated rings. The highest BCUT2D eigenvalue weighted by Gasteiger charge is 2.15. The quantitative estimate of drug-likeness (QED) is 0.709. The van der Waals surface area contributed by atoms with Crippen LogP contribution in [0.1, 0.15) is 15.9 Å². The molecule has 0 bridgehead atoms. The van der Waals surface area contributed by atoms with Crippen molar-refractivity contribution in [3.63, 3.8) is 0 Å². The topological polar surface area (TPSA) is 49.3 Å². The monoisotopic (exact) mass is 417 g/mol. The summed E-state index contributed by atoms with van der Waals surface area (Å²) in [6.07, 6.45) is 0. The number of phenols is 1. The lowest BCUT2D eigenvalue weighted by molar-refractivity contribution is 0.102. The summed E-state index contributed by atoms with van der Waals surface area (Å²) >= 11 is 12.6. The molecule has 3 nitrogen and oxygen atoms in total. The van der Waals surface area contributed by atoms with Gasteiger partial charge in [0.1, 0.15) is 5.75 Å². The second-order valence-electron chi connectivity index (χ2n) is 4.22. The summed E-state index contributed by atoms with van der Waals surface area (Å²) in [5.74, 6) is -0.554. The molecule has 2 aromatic carbocycles. The summed E-state index contributed by atoms with van der Waals surface area (Å²) in [7, 11) is 0. The van der Waals surface area contributed by atoms with Crippen LogP contribution in [-0.2, 0) is 0 Å². The van der Waals surface area contributed by atoms with Crippen LogP contribution in [0.15, 0.2) is 39.3 Å². The molecular weight excluding hydrogens is 409 g/mol. The van der Waals surface area contributed by atoms with Gasteiger partial charge in [-0.1, -0.05) is 11.6 Å². The third-order valence-corrected chi connectivity index (χ3v) is 4.11. The molecule has 0 unspecified atom stereocenters. The van der Waals surface area contributed by atoms with Crippen LogP contribution in [0.2, 0.25) is 5.02 Å². The number of amides is 1. The lowest BCUT2D eigenvalue weighted by Crippen LogP contribution is -2.13. The number of aryl methyl sites for hydroxylation is 1. The molecule has 0 aromatic heterocycles. The van der Waals surface area contributed by atoms with Crippen LogP contribution in [-0.4, -0.2) is 11.0 Å². The number of phenolic OH excluding ortho intramolecular Hbond substituents is 1. The molecule has 2 N–H and O–H groups in total. The van der Waals surface area contributed by atoms with Crippen LogP contribution in [0.3, 0.4) is 0 Å². The molecule has 104 valence electrons. The molecule has 2 rings (SSSR count). The lowest BCUT2D eigenvalue weighted by atomic mass is 10.1. The van der Waals surface area contributed by atoms with E-state index in [-0.39, 0.29) is 11.3 Å². The van der Waals surface area contributed by atoms with Crippen molar-refractivity contribution in [2.24, 2.45) is 0 Å². The summed E-state index contributed by atoms with van der Waals surface area (Å²) in [4.78, 5) is 12.2. The maximum absolute atomic E-state index is 12.2. The van der Waals surface area contributed by atoms with E-state index in [2.05, 4.69) is 37.2 Å². The van der Waals surface area contributed by atoms with Gasteiger partial charge in [-0.25, -0.2) is 0 Å². The van der Waals surface area contributed by atoms with Crippen molar-refractivity contribution in [1.29, 1.82) is 0 Å². The van der Waals surface area contributed by atoms with Gasteiger partial charge >= 0.3 is 0 Å². The standard InChI is InChI=1S/C14H10Br2ClNO2/c1-7-4-10(15)13(11(16)5-7)18-14(20)9-6-8(17)2-3-12(9)19/h2-6,19H,1H3,(H,18,20). The molecular formula is C14H10Br2ClNO2. The minimum Gasteiger partial charge on any atom is -0.507 e. The Morgan fingerprint density at radius 3 is 2.40 bits per heavy atom. The Balaban J connectivity index is 2.35. The van der Waals surface area contributed by atoms with Gasteiger partial charge in [0.05, 0.1) is 11.3 Å². The molecule has 0 atom stereocenters. The predicted molar refractivity (Wildman–Crippen MR) is 87.6 cm³/mol. The molecule has 0 aliphatic rings. The van der Waals surface area contributed by atoms with Gasteiger partial charge in [0.25, 0.3) is 5.91 Å². The van der Waals surface area contributed by atoms with E-state index < -0.39 is 5.91 Å². The van der Waals surface area contributed by atoms with Crippen molar-refractivity contribution in [2.75, 3.05) is 5.32 Å². The number of benzene rings is 2. The Bertz CT molecular complexity index is 666. The van der Waals surface area contributed by atoms with Gasteiger partial charge in [-0.15, -0.1) is 0 Å². The average molecular weight is 420 g/mol. The van der Waals surface area contributed by atoms with E-state index in [0.29, 0.717) is 10.7 Å². The number of hydrogen-bond donors (Lipinski definition) is 2. The summed E-state index contributed by atoms with van der Waals surface area (Å²) < 4.78 is 1.50. The first-order valence-electron chi connectivity index (χ1n) is 5.64. The molecule has 0 aliphatic carbocycles. The van der Waals surface area contributed by atoms with Crippen LogP contribution < -0.4 is 5.32 Å². The molecule has 0 saturated heterocycles. The predicted octanol–water partition coefficient (Wildman–Crippen LogP) is 5.13. The van der Waals surface area contributed by atoms with Crippen molar-refractivity contribution in [3.05, 3.63) is 55.4 Å². The van der Waals surface area contributed by atoms with Crippen molar-refractivity contribution >= 4 is 55.1 Å². The van der Waals surface area contributed by atoms with E-state index in [0.717, 1.165) is 14.5 Å². The van der Waals surface area contributed by atoms with Gasteiger partial charge in [-0.2, -0.15) is 0 Å². The minimum atomic E-state index is -0.435. The van der Waals surface area contributed by atoms with Crippen LogP contribution in [0.25, 0.3) is 0 Å². The van der Waals surface area contributed by atoms with Crippen molar-refractivity contribution in [1.82, 2.24) is 0 Å². The van der Waals surface area contributed by atoms with Gasteiger partial charge in [0.2, 0.25) is 0 Å². The number of carbonyl (C=O) groups is 1. The fourth-order valence-electron chi connectivity index (χ4n) is 1.69. The Morgan fingerprint density at radius 1 is 1.20 bits per heavy atom.